The fraction of sp³-hybridized carbons (Fsp3) is 0.471. The highest BCUT2D eigenvalue weighted by atomic mass is 16.7. The highest BCUT2D eigenvalue weighted by Gasteiger charge is 2.32. The summed E-state index contributed by atoms with van der Waals surface area (Å²) in [6, 6.07) is 0. The van der Waals surface area contributed by atoms with E-state index in [1.165, 1.54) is 0 Å². The van der Waals surface area contributed by atoms with E-state index in [9.17, 15) is 33.6 Å². The molecule has 2 N–H and O–H groups in total. The summed E-state index contributed by atoms with van der Waals surface area (Å²) in [6.45, 7) is -0.0765. The number of hydrogen-bond donors (Lipinski definition) is 2. The first-order valence-corrected chi connectivity index (χ1v) is 8.91. The van der Waals surface area contributed by atoms with Crippen molar-refractivity contribution in [3.8, 4) is 0 Å². The summed E-state index contributed by atoms with van der Waals surface area (Å²) in [5, 5.41) is 5.35. The maximum Gasteiger partial charge on any atom is 0.334 e. The van der Waals surface area contributed by atoms with Gasteiger partial charge in [0.15, 0.2) is 0 Å². The minimum atomic E-state index is -0.831. The van der Waals surface area contributed by atoms with Crippen molar-refractivity contribution >= 4 is 41.4 Å². The fourth-order valence-corrected chi connectivity index (χ4v) is 2.47. The first-order chi connectivity index (χ1) is 13.8. The number of imide groups is 2. The molecule has 12 heteroatoms. The van der Waals surface area contributed by atoms with Crippen LogP contribution in [0.25, 0.3) is 0 Å². The Kier molecular flexibility index (Phi) is 7.57. The van der Waals surface area contributed by atoms with Gasteiger partial charge in [0.1, 0.15) is 0 Å². The molecular formula is C17H20N4O8. The van der Waals surface area contributed by atoms with Gasteiger partial charge in [-0.05, 0) is 0 Å². The molecule has 2 aliphatic rings. The zero-order valence-corrected chi connectivity index (χ0v) is 15.5. The third-order valence-electron chi connectivity index (χ3n) is 3.99. The molecule has 1 saturated heterocycles. The molecule has 0 aliphatic carbocycles. The number of carbonyl (C=O) groups is 7. The molecular weight excluding hydrogens is 388 g/mol. The van der Waals surface area contributed by atoms with Crippen LogP contribution in [0.3, 0.4) is 0 Å². The molecule has 12 nitrogen and oxygen atoms in total. The average molecular weight is 408 g/mol. The van der Waals surface area contributed by atoms with Crippen LogP contribution in [-0.4, -0.2) is 71.0 Å². The zero-order valence-electron chi connectivity index (χ0n) is 15.5. The standard InChI is InChI=1S/C17H20N4O8/c22-11(19-9-6-17(28)29-21-15(26)3-4-16(21)27)5-8-18-12(23)7-10-20-13(24)1-2-14(20)25/h1-2H,3-10H2,(H,18,23)(H,19,22). The lowest BCUT2D eigenvalue weighted by Gasteiger charge is -2.13. The SMILES string of the molecule is O=C(CCNC(=O)CCN1C(=O)C=CC1=O)NCCC(=O)ON1C(=O)CCC1=O. The minimum absolute atomic E-state index is 0.00386. The molecule has 2 heterocycles. The topological polar surface area (TPSA) is 159 Å². The van der Waals surface area contributed by atoms with Crippen molar-refractivity contribution in [1.82, 2.24) is 20.6 Å². The second-order valence-electron chi connectivity index (χ2n) is 6.16. The van der Waals surface area contributed by atoms with Crippen LogP contribution in [0.5, 0.6) is 0 Å². The maximum absolute atomic E-state index is 11.7. The minimum Gasteiger partial charge on any atom is -0.356 e. The third-order valence-corrected chi connectivity index (χ3v) is 3.99. The lowest BCUT2D eigenvalue weighted by Crippen LogP contribution is -2.36. The van der Waals surface area contributed by atoms with Gasteiger partial charge in [-0.25, -0.2) is 4.79 Å². The molecule has 0 atom stereocenters. The van der Waals surface area contributed by atoms with E-state index in [2.05, 4.69) is 15.5 Å². The van der Waals surface area contributed by atoms with Crippen LogP contribution in [0.4, 0.5) is 0 Å². The molecule has 6 amide bonds. The second-order valence-corrected chi connectivity index (χ2v) is 6.16. The Morgan fingerprint density at radius 3 is 1.93 bits per heavy atom. The summed E-state index contributed by atoms with van der Waals surface area (Å²) in [4.78, 5) is 85.8. The normalized spacial score (nSPS) is 15.9. The summed E-state index contributed by atoms with van der Waals surface area (Å²) in [7, 11) is 0. The van der Waals surface area contributed by atoms with Crippen molar-refractivity contribution in [2.75, 3.05) is 19.6 Å². The number of nitrogens with zero attached hydrogens (tertiary/aromatic N) is 2. The predicted octanol–water partition coefficient (Wildman–Crippen LogP) is -2.08. The van der Waals surface area contributed by atoms with E-state index in [1.54, 1.807) is 0 Å². The quantitative estimate of drug-likeness (QED) is 0.390. The molecule has 0 aromatic rings. The number of hydrogen-bond acceptors (Lipinski definition) is 8. The number of nitrogens with one attached hydrogen (secondary N) is 2. The van der Waals surface area contributed by atoms with E-state index in [-0.39, 0.29) is 51.7 Å². The van der Waals surface area contributed by atoms with Gasteiger partial charge >= 0.3 is 5.97 Å². The van der Waals surface area contributed by atoms with E-state index in [1.807, 2.05) is 0 Å². The van der Waals surface area contributed by atoms with Gasteiger partial charge in [0.25, 0.3) is 23.6 Å². The van der Waals surface area contributed by atoms with Crippen LogP contribution in [-0.2, 0) is 38.4 Å². The molecule has 0 radical (unpaired) electrons. The van der Waals surface area contributed by atoms with Gasteiger partial charge in [-0.3, -0.25) is 33.7 Å². The van der Waals surface area contributed by atoms with E-state index in [4.69, 9.17) is 0 Å². The maximum atomic E-state index is 11.7. The Hall–Kier alpha value is -3.57. The molecule has 2 aliphatic heterocycles. The molecule has 2 rings (SSSR count). The van der Waals surface area contributed by atoms with E-state index < -0.39 is 41.4 Å². The van der Waals surface area contributed by atoms with Crippen LogP contribution >= 0.6 is 0 Å². The lowest BCUT2D eigenvalue weighted by atomic mass is 10.3. The zero-order chi connectivity index (χ0) is 21.4. The van der Waals surface area contributed by atoms with Crippen LogP contribution in [0, 0.1) is 0 Å². The Labute approximate surface area is 165 Å². The lowest BCUT2D eigenvalue weighted by molar-refractivity contribution is -0.197. The van der Waals surface area contributed by atoms with Crippen LogP contribution in [0.15, 0.2) is 12.2 Å². The molecule has 156 valence electrons. The number of amides is 6. The van der Waals surface area contributed by atoms with E-state index in [0.29, 0.717) is 5.06 Å². The van der Waals surface area contributed by atoms with Crippen molar-refractivity contribution in [2.24, 2.45) is 0 Å². The highest BCUT2D eigenvalue weighted by molar-refractivity contribution is 6.13. The number of hydroxylamine groups is 2. The molecule has 0 aromatic carbocycles. The van der Waals surface area contributed by atoms with E-state index in [0.717, 1.165) is 17.1 Å². The second kappa shape index (κ2) is 10.1. The molecule has 0 aromatic heterocycles. The average Bonchev–Trinajstić information content (AvgIpc) is 3.15. The van der Waals surface area contributed by atoms with Crippen molar-refractivity contribution < 1.29 is 38.4 Å². The third kappa shape index (κ3) is 6.52. The van der Waals surface area contributed by atoms with Gasteiger partial charge in [0, 0.05) is 57.5 Å². The Morgan fingerprint density at radius 1 is 0.828 bits per heavy atom. The van der Waals surface area contributed by atoms with Crippen molar-refractivity contribution in [1.29, 1.82) is 0 Å². The number of carbonyl (C=O) groups excluding carboxylic acids is 7. The van der Waals surface area contributed by atoms with Crippen molar-refractivity contribution in [3.63, 3.8) is 0 Å². The molecule has 0 unspecified atom stereocenters. The fourth-order valence-electron chi connectivity index (χ4n) is 2.47. The Morgan fingerprint density at radius 2 is 1.34 bits per heavy atom. The van der Waals surface area contributed by atoms with Crippen molar-refractivity contribution in [3.05, 3.63) is 12.2 Å². The van der Waals surface area contributed by atoms with Crippen LogP contribution in [0.2, 0.25) is 0 Å². The summed E-state index contributed by atoms with van der Waals surface area (Å²) in [5.74, 6) is -3.80. The van der Waals surface area contributed by atoms with Crippen molar-refractivity contribution in [2.45, 2.75) is 32.1 Å². The molecule has 0 saturated carbocycles. The van der Waals surface area contributed by atoms with Gasteiger partial charge in [-0.15, -0.1) is 5.06 Å². The summed E-state index contributed by atoms with van der Waals surface area (Å²) in [6.07, 6.45) is 1.88. The smallest absolute Gasteiger partial charge is 0.334 e. The van der Waals surface area contributed by atoms with Gasteiger partial charge in [-0.2, -0.15) is 0 Å². The molecule has 0 bridgehead atoms. The summed E-state index contributed by atoms with van der Waals surface area (Å²) >= 11 is 0. The largest absolute Gasteiger partial charge is 0.356 e. The first-order valence-electron chi connectivity index (χ1n) is 8.91. The predicted molar refractivity (Wildman–Crippen MR) is 92.9 cm³/mol. The van der Waals surface area contributed by atoms with E-state index >= 15 is 0 Å². The monoisotopic (exact) mass is 408 g/mol. The Balaban J connectivity index is 1.53. The van der Waals surface area contributed by atoms with Gasteiger partial charge < -0.3 is 15.5 Å². The Bertz CT molecular complexity index is 741. The molecule has 29 heavy (non-hydrogen) atoms. The molecule has 1 fully saturated rings. The summed E-state index contributed by atoms with van der Waals surface area (Å²) in [5.41, 5.74) is 0. The van der Waals surface area contributed by atoms with Crippen LogP contribution in [0.1, 0.15) is 32.1 Å². The molecule has 0 spiro atoms. The summed E-state index contributed by atoms with van der Waals surface area (Å²) < 4.78 is 0. The first kappa shape index (κ1) is 21.7. The van der Waals surface area contributed by atoms with Gasteiger partial charge in [0.05, 0.1) is 6.42 Å². The number of rotatable bonds is 10. The van der Waals surface area contributed by atoms with Gasteiger partial charge in [0.2, 0.25) is 11.8 Å². The van der Waals surface area contributed by atoms with Crippen LogP contribution < -0.4 is 10.6 Å². The highest BCUT2D eigenvalue weighted by Crippen LogP contribution is 2.12. The van der Waals surface area contributed by atoms with Gasteiger partial charge in [-0.1, -0.05) is 0 Å².